The number of amides is 1. The molecule has 0 saturated heterocycles. The van der Waals surface area contributed by atoms with E-state index in [-0.39, 0.29) is 5.91 Å². The Hall–Kier alpha value is -0.820. The van der Waals surface area contributed by atoms with Crippen molar-refractivity contribution < 1.29 is 4.79 Å². The van der Waals surface area contributed by atoms with Gasteiger partial charge >= 0.3 is 0 Å². The van der Waals surface area contributed by atoms with Gasteiger partial charge in [0, 0.05) is 5.75 Å². The Labute approximate surface area is 106 Å². The molecular weight excluding hydrogens is 260 g/mol. The lowest BCUT2D eigenvalue weighted by Gasteiger charge is -2.01. The standard InChI is InChI=1S/C10H10N2OS3/c11-12-10(13)9-7(3-5-15-9)6-16-8-2-1-4-14-8/h1-5H,6,11H2,(H,12,13). The van der Waals surface area contributed by atoms with Crippen LogP contribution in [0.15, 0.2) is 33.2 Å². The monoisotopic (exact) mass is 270 g/mol. The van der Waals surface area contributed by atoms with Gasteiger partial charge in [-0.3, -0.25) is 10.2 Å². The molecule has 0 aromatic carbocycles. The molecular formula is C10H10N2OS3. The van der Waals surface area contributed by atoms with Crippen molar-refractivity contribution in [1.82, 2.24) is 5.43 Å². The molecule has 3 nitrogen and oxygen atoms in total. The van der Waals surface area contributed by atoms with E-state index in [0.717, 1.165) is 11.3 Å². The largest absolute Gasteiger partial charge is 0.289 e. The highest BCUT2D eigenvalue weighted by molar-refractivity contribution is 8.00. The molecule has 0 atom stereocenters. The Morgan fingerprint density at radius 3 is 2.94 bits per heavy atom. The minimum atomic E-state index is -0.211. The van der Waals surface area contributed by atoms with Crippen LogP contribution in [0.5, 0.6) is 0 Å². The first kappa shape index (κ1) is 11.7. The summed E-state index contributed by atoms with van der Waals surface area (Å²) >= 11 is 4.85. The Balaban J connectivity index is 2.04. The van der Waals surface area contributed by atoms with E-state index in [9.17, 15) is 4.79 Å². The number of thioether (sulfide) groups is 1. The normalized spacial score (nSPS) is 10.3. The molecule has 0 saturated carbocycles. The maximum Gasteiger partial charge on any atom is 0.275 e. The molecule has 6 heteroatoms. The molecule has 0 radical (unpaired) electrons. The second-order valence-corrected chi connectivity index (χ2v) is 6.11. The first-order valence-electron chi connectivity index (χ1n) is 4.55. The van der Waals surface area contributed by atoms with Crippen LogP contribution in [0.25, 0.3) is 0 Å². The third kappa shape index (κ3) is 2.65. The molecule has 0 unspecified atom stereocenters. The van der Waals surface area contributed by atoms with E-state index in [1.807, 2.05) is 22.9 Å². The second kappa shape index (κ2) is 5.49. The summed E-state index contributed by atoms with van der Waals surface area (Å²) in [7, 11) is 0. The highest BCUT2D eigenvalue weighted by atomic mass is 32.2. The average molecular weight is 270 g/mol. The Morgan fingerprint density at radius 1 is 1.38 bits per heavy atom. The molecule has 0 aliphatic rings. The van der Waals surface area contributed by atoms with E-state index in [1.165, 1.54) is 15.5 Å². The number of hydrogen-bond donors (Lipinski definition) is 2. The first-order valence-corrected chi connectivity index (χ1v) is 7.29. The molecule has 0 aliphatic heterocycles. The van der Waals surface area contributed by atoms with Crippen LogP contribution in [0.4, 0.5) is 0 Å². The number of thiophene rings is 2. The van der Waals surface area contributed by atoms with Crippen molar-refractivity contribution in [2.45, 2.75) is 9.96 Å². The van der Waals surface area contributed by atoms with Crippen molar-refractivity contribution in [3.05, 3.63) is 39.4 Å². The summed E-state index contributed by atoms with van der Waals surface area (Å²) < 4.78 is 1.25. The van der Waals surface area contributed by atoms with Crippen molar-refractivity contribution in [1.29, 1.82) is 0 Å². The number of hydrogen-bond acceptors (Lipinski definition) is 5. The molecule has 2 aromatic rings. The molecule has 0 fully saturated rings. The number of nitrogens with one attached hydrogen (secondary N) is 1. The van der Waals surface area contributed by atoms with Crippen molar-refractivity contribution in [3.63, 3.8) is 0 Å². The van der Waals surface area contributed by atoms with Crippen LogP contribution in [-0.4, -0.2) is 5.91 Å². The van der Waals surface area contributed by atoms with Gasteiger partial charge in [0.1, 0.15) is 0 Å². The van der Waals surface area contributed by atoms with E-state index in [2.05, 4.69) is 11.5 Å². The maximum absolute atomic E-state index is 11.4. The van der Waals surface area contributed by atoms with E-state index in [1.54, 1.807) is 23.1 Å². The Bertz CT molecular complexity index is 464. The van der Waals surface area contributed by atoms with Gasteiger partial charge in [0.25, 0.3) is 5.91 Å². The molecule has 84 valence electrons. The van der Waals surface area contributed by atoms with E-state index < -0.39 is 0 Å². The smallest absolute Gasteiger partial charge is 0.275 e. The van der Waals surface area contributed by atoms with Crippen LogP contribution in [0.2, 0.25) is 0 Å². The fourth-order valence-corrected chi connectivity index (χ4v) is 3.90. The summed E-state index contributed by atoms with van der Waals surface area (Å²) in [5, 5.41) is 3.96. The molecule has 16 heavy (non-hydrogen) atoms. The Kier molecular flexibility index (Phi) is 4.00. The quantitative estimate of drug-likeness (QED) is 0.389. The predicted molar refractivity (Wildman–Crippen MR) is 69.9 cm³/mol. The van der Waals surface area contributed by atoms with Crippen molar-refractivity contribution in [3.8, 4) is 0 Å². The number of nitrogens with two attached hydrogens (primary N) is 1. The topological polar surface area (TPSA) is 55.1 Å². The van der Waals surface area contributed by atoms with Crippen LogP contribution in [-0.2, 0) is 5.75 Å². The summed E-state index contributed by atoms with van der Waals surface area (Å²) in [5.41, 5.74) is 3.20. The summed E-state index contributed by atoms with van der Waals surface area (Å²) in [4.78, 5) is 12.1. The van der Waals surface area contributed by atoms with Gasteiger partial charge in [0.2, 0.25) is 0 Å². The van der Waals surface area contributed by atoms with Crippen molar-refractivity contribution in [2.75, 3.05) is 0 Å². The summed E-state index contributed by atoms with van der Waals surface area (Å²) in [6.45, 7) is 0. The molecule has 2 rings (SSSR count). The summed E-state index contributed by atoms with van der Waals surface area (Å²) in [5.74, 6) is 5.71. The van der Waals surface area contributed by atoms with Crippen molar-refractivity contribution >= 4 is 40.3 Å². The van der Waals surface area contributed by atoms with Gasteiger partial charge in [-0.1, -0.05) is 6.07 Å². The lowest BCUT2D eigenvalue weighted by molar-refractivity contribution is 0.0957. The van der Waals surface area contributed by atoms with Crippen molar-refractivity contribution in [2.24, 2.45) is 5.84 Å². The number of carbonyl (C=O) groups is 1. The fraction of sp³-hybridized carbons (Fsp3) is 0.100. The summed E-state index contributed by atoms with van der Waals surface area (Å²) in [6, 6.07) is 6.06. The highest BCUT2D eigenvalue weighted by Crippen LogP contribution is 2.29. The molecule has 0 bridgehead atoms. The van der Waals surface area contributed by atoms with E-state index in [0.29, 0.717) is 4.88 Å². The molecule has 2 heterocycles. The molecule has 1 amide bonds. The zero-order valence-corrected chi connectivity index (χ0v) is 10.8. The Morgan fingerprint density at radius 2 is 2.25 bits per heavy atom. The van der Waals surface area contributed by atoms with Gasteiger partial charge in [-0.05, 0) is 28.5 Å². The van der Waals surface area contributed by atoms with Crippen LogP contribution in [0.1, 0.15) is 15.2 Å². The van der Waals surface area contributed by atoms with E-state index in [4.69, 9.17) is 5.84 Å². The van der Waals surface area contributed by atoms with Gasteiger partial charge < -0.3 is 0 Å². The molecule has 0 spiro atoms. The van der Waals surface area contributed by atoms with Crippen LogP contribution in [0.3, 0.4) is 0 Å². The summed E-state index contributed by atoms with van der Waals surface area (Å²) in [6.07, 6.45) is 0. The molecule has 3 N–H and O–H groups in total. The van der Waals surface area contributed by atoms with Crippen LogP contribution < -0.4 is 11.3 Å². The number of hydrazine groups is 1. The van der Waals surface area contributed by atoms with Gasteiger partial charge in [0.15, 0.2) is 0 Å². The van der Waals surface area contributed by atoms with Gasteiger partial charge in [-0.25, -0.2) is 5.84 Å². The van der Waals surface area contributed by atoms with Gasteiger partial charge in [0.05, 0.1) is 9.09 Å². The predicted octanol–water partition coefficient (Wildman–Crippen LogP) is 2.71. The first-order chi connectivity index (χ1) is 7.81. The average Bonchev–Trinajstić information content (AvgIpc) is 2.96. The van der Waals surface area contributed by atoms with Gasteiger partial charge in [-0.2, -0.15) is 0 Å². The third-order valence-corrected chi connectivity index (χ3v) is 5.08. The van der Waals surface area contributed by atoms with Crippen LogP contribution in [0, 0.1) is 0 Å². The second-order valence-electron chi connectivity index (χ2n) is 2.97. The number of carbonyl (C=O) groups excluding carboxylic acids is 1. The zero-order valence-electron chi connectivity index (χ0n) is 8.30. The lowest BCUT2D eigenvalue weighted by Crippen LogP contribution is -2.29. The minimum absolute atomic E-state index is 0.211. The third-order valence-electron chi connectivity index (χ3n) is 1.95. The van der Waals surface area contributed by atoms with Gasteiger partial charge in [-0.15, -0.1) is 34.4 Å². The maximum atomic E-state index is 11.4. The highest BCUT2D eigenvalue weighted by Gasteiger charge is 2.11. The fourth-order valence-electron chi connectivity index (χ4n) is 1.21. The van der Waals surface area contributed by atoms with Crippen LogP contribution >= 0.6 is 34.4 Å². The lowest BCUT2D eigenvalue weighted by atomic mass is 10.3. The SMILES string of the molecule is NNC(=O)c1sccc1CSc1cccs1. The molecule has 2 aromatic heterocycles. The zero-order chi connectivity index (χ0) is 11.4. The minimum Gasteiger partial charge on any atom is -0.289 e. The van der Waals surface area contributed by atoms with E-state index >= 15 is 0 Å². The number of rotatable bonds is 4. The molecule has 0 aliphatic carbocycles. The number of nitrogen functional groups attached to an aromatic ring is 1.